The lowest BCUT2D eigenvalue weighted by molar-refractivity contribution is 0.0922. The molecule has 0 aliphatic carbocycles. The summed E-state index contributed by atoms with van der Waals surface area (Å²) in [6.45, 7) is 3.94. The van der Waals surface area contributed by atoms with Gasteiger partial charge < -0.3 is 16.8 Å². The number of amides is 1. The molecule has 0 fully saturated rings. The largest absolute Gasteiger partial charge is 0.382 e. The Morgan fingerprint density at radius 1 is 1.07 bits per heavy atom. The van der Waals surface area contributed by atoms with E-state index in [0.29, 0.717) is 42.0 Å². The maximum absolute atomic E-state index is 12.9. The minimum atomic E-state index is -0.255. The summed E-state index contributed by atoms with van der Waals surface area (Å²) in [7, 11) is 0. The molecule has 3 heterocycles. The summed E-state index contributed by atoms with van der Waals surface area (Å²) in [6, 6.07) is 7.59. The van der Waals surface area contributed by atoms with Crippen LogP contribution in [0.15, 0.2) is 30.5 Å². The molecule has 1 aliphatic heterocycles. The Labute approximate surface area is 168 Å². The van der Waals surface area contributed by atoms with E-state index in [1.165, 1.54) is 0 Å². The molecule has 1 unspecified atom stereocenters. The SMILES string of the molecule is CCc1nc(-c2ccccc2C2Cc3nc(N)nc(CC)c3C(=O)N2)cnc1N. The average molecular weight is 389 g/mol. The standard InChI is InChI=1S/C21H23N7O/c1-3-13-18-16(28-21(23)27-13)9-15(26-20(18)29)11-7-5-6-8-12(11)17-10-24-19(22)14(4-2)25-17/h5-8,10,15H,3-4,9H2,1-2H3,(H2,22,24)(H,26,29)(H2,23,27,28). The van der Waals surface area contributed by atoms with Crippen LogP contribution in [0.25, 0.3) is 11.3 Å². The van der Waals surface area contributed by atoms with Gasteiger partial charge in [0, 0.05) is 12.0 Å². The molecule has 0 bridgehead atoms. The number of hydrogen-bond acceptors (Lipinski definition) is 7. The number of rotatable bonds is 4. The lowest BCUT2D eigenvalue weighted by Crippen LogP contribution is -2.37. The summed E-state index contributed by atoms with van der Waals surface area (Å²) in [4.78, 5) is 30.4. The van der Waals surface area contributed by atoms with Crippen LogP contribution in [0.5, 0.6) is 0 Å². The first kappa shape index (κ1) is 18.8. The number of nitrogens with one attached hydrogen (secondary N) is 1. The monoisotopic (exact) mass is 389 g/mol. The number of carbonyl (C=O) groups excluding carboxylic acids is 1. The Balaban J connectivity index is 1.78. The zero-order chi connectivity index (χ0) is 20.5. The number of benzene rings is 1. The van der Waals surface area contributed by atoms with Gasteiger partial charge >= 0.3 is 0 Å². The number of nitrogen functional groups attached to an aromatic ring is 2. The van der Waals surface area contributed by atoms with Crippen LogP contribution < -0.4 is 16.8 Å². The van der Waals surface area contributed by atoms with E-state index in [9.17, 15) is 4.79 Å². The fourth-order valence-electron chi connectivity index (χ4n) is 3.77. The lowest BCUT2D eigenvalue weighted by Gasteiger charge is -2.28. The summed E-state index contributed by atoms with van der Waals surface area (Å²) >= 11 is 0. The molecule has 1 aliphatic rings. The van der Waals surface area contributed by atoms with Crippen LogP contribution in [0.2, 0.25) is 0 Å². The molecule has 0 saturated heterocycles. The van der Waals surface area contributed by atoms with Crippen molar-refractivity contribution < 1.29 is 4.79 Å². The van der Waals surface area contributed by atoms with Gasteiger partial charge in [0.05, 0.1) is 40.6 Å². The van der Waals surface area contributed by atoms with Gasteiger partial charge in [0.15, 0.2) is 0 Å². The van der Waals surface area contributed by atoms with Crippen molar-refractivity contribution in [1.82, 2.24) is 25.3 Å². The van der Waals surface area contributed by atoms with Crippen LogP contribution >= 0.6 is 0 Å². The summed E-state index contributed by atoms with van der Waals surface area (Å²) < 4.78 is 0. The van der Waals surface area contributed by atoms with E-state index in [1.807, 2.05) is 38.1 Å². The number of hydrogen-bond donors (Lipinski definition) is 3. The Morgan fingerprint density at radius 2 is 1.83 bits per heavy atom. The normalized spacial score (nSPS) is 15.7. The van der Waals surface area contributed by atoms with E-state index >= 15 is 0 Å². The number of nitrogens with two attached hydrogens (primary N) is 2. The van der Waals surface area contributed by atoms with Gasteiger partial charge in [0.1, 0.15) is 5.82 Å². The summed E-state index contributed by atoms with van der Waals surface area (Å²) in [5.74, 6) is 0.452. The van der Waals surface area contributed by atoms with Crippen molar-refractivity contribution in [3.8, 4) is 11.3 Å². The molecule has 148 valence electrons. The molecule has 5 N–H and O–H groups in total. The number of aryl methyl sites for hydroxylation is 2. The second-order valence-electron chi connectivity index (χ2n) is 6.96. The minimum Gasteiger partial charge on any atom is -0.382 e. The van der Waals surface area contributed by atoms with Gasteiger partial charge in [-0.3, -0.25) is 4.79 Å². The topological polar surface area (TPSA) is 133 Å². The van der Waals surface area contributed by atoms with Gasteiger partial charge in [0.2, 0.25) is 5.95 Å². The predicted octanol–water partition coefficient (Wildman–Crippen LogP) is 2.25. The molecule has 1 atom stereocenters. The molecule has 4 rings (SSSR count). The van der Waals surface area contributed by atoms with E-state index in [2.05, 4.69) is 25.3 Å². The van der Waals surface area contributed by atoms with Crippen molar-refractivity contribution in [2.75, 3.05) is 11.5 Å². The van der Waals surface area contributed by atoms with E-state index in [1.54, 1.807) is 6.20 Å². The maximum Gasteiger partial charge on any atom is 0.255 e. The second kappa shape index (κ2) is 7.46. The summed E-state index contributed by atoms with van der Waals surface area (Å²) in [5.41, 5.74) is 17.0. The molecule has 8 heteroatoms. The van der Waals surface area contributed by atoms with E-state index in [-0.39, 0.29) is 17.9 Å². The first-order chi connectivity index (χ1) is 14.0. The van der Waals surface area contributed by atoms with Crippen molar-refractivity contribution in [3.05, 3.63) is 58.7 Å². The van der Waals surface area contributed by atoms with Gasteiger partial charge in [0.25, 0.3) is 5.91 Å². The number of aromatic nitrogens is 4. The first-order valence-electron chi connectivity index (χ1n) is 9.68. The molecule has 0 radical (unpaired) electrons. The molecule has 2 aromatic heterocycles. The molecule has 1 aromatic carbocycles. The third-order valence-electron chi connectivity index (χ3n) is 5.16. The molecule has 1 amide bonds. The average Bonchev–Trinajstić information content (AvgIpc) is 2.73. The highest BCUT2D eigenvalue weighted by atomic mass is 16.1. The fraction of sp³-hybridized carbons (Fsp3) is 0.286. The van der Waals surface area contributed by atoms with Crippen LogP contribution in [-0.2, 0) is 19.3 Å². The number of carbonyl (C=O) groups is 1. The second-order valence-corrected chi connectivity index (χ2v) is 6.96. The van der Waals surface area contributed by atoms with Crippen molar-refractivity contribution in [2.24, 2.45) is 0 Å². The molecule has 29 heavy (non-hydrogen) atoms. The third-order valence-corrected chi connectivity index (χ3v) is 5.16. The van der Waals surface area contributed by atoms with Crippen molar-refractivity contribution in [2.45, 2.75) is 39.2 Å². The number of anilines is 2. The molecule has 3 aromatic rings. The quantitative estimate of drug-likeness (QED) is 0.623. The van der Waals surface area contributed by atoms with Crippen LogP contribution in [0.3, 0.4) is 0 Å². The van der Waals surface area contributed by atoms with Gasteiger partial charge in [-0.25, -0.2) is 19.9 Å². The summed E-state index contributed by atoms with van der Waals surface area (Å²) in [5, 5.41) is 3.10. The van der Waals surface area contributed by atoms with E-state index in [0.717, 1.165) is 22.5 Å². The van der Waals surface area contributed by atoms with E-state index < -0.39 is 0 Å². The zero-order valence-corrected chi connectivity index (χ0v) is 16.4. The highest BCUT2D eigenvalue weighted by Gasteiger charge is 2.31. The van der Waals surface area contributed by atoms with Crippen molar-refractivity contribution in [3.63, 3.8) is 0 Å². The fourth-order valence-corrected chi connectivity index (χ4v) is 3.77. The Bertz CT molecular complexity index is 1100. The highest BCUT2D eigenvalue weighted by molar-refractivity contribution is 5.98. The van der Waals surface area contributed by atoms with E-state index in [4.69, 9.17) is 11.5 Å². The van der Waals surface area contributed by atoms with Crippen LogP contribution in [0.1, 0.15) is 52.9 Å². The Hall–Kier alpha value is -3.55. The van der Waals surface area contributed by atoms with Gasteiger partial charge in [-0.15, -0.1) is 0 Å². The van der Waals surface area contributed by atoms with Crippen molar-refractivity contribution in [1.29, 1.82) is 0 Å². The smallest absolute Gasteiger partial charge is 0.255 e. The predicted molar refractivity (Wildman–Crippen MR) is 111 cm³/mol. The molecule has 0 spiro atoms. The molecule has 0 saturated carbocycles. The molecular weight excluding hydrogens is 366 g/mol. The number of nitrogens with zero attached hydrogens (tertiary/aromatic N) is 4. The van der Waals surface area contributed by atoms with Crippen molar-refractivity contribution >= 4 is 17.7 Å². The van der Waals surface area contributed by atoms with Gasteiger partial charge in [-0.1, -0.05) is 38.1 Å². The van der Waals surface area contributed by atoms with Crippen LogP contribution in [-0.4, -0.2) is 25.8 Å². The summed E-state index contributed by atoms with van der Waals surface area (Å²) in [6.07, 6.45) is 3.50. The third kappa shape index (κ3) is 3.37. The Morgan fingerprint density at radius 3 is 2.59 bits per heavy atom. The van der Waals surface area contributed by atoms with Gasteiger partial charge in [-0.2, -0.15) is 0 Å². The zero-order valence-electron chi connectivity index (χ0n) is 16.4. The lowest BCUT2D eigenvalue weighted by atomic mass is 9.90. The maximum atomic E-state index is 12.9. The first-order valence-corrected chi connectivity index (χ1v) is 9.68. The minimum absolute atomic E-state index is 0.180. The van der Waals surface area contributed by atoms with Crippen LogP contribution in [0, 0.1) is 0 Å². The van der Waals surface area contributed by atoms with Crippen LogP contribution in [0.4, 0.5) is 11.8 Å². The molecular formula is C21H23N7O. The van der Waals surface area contributed by atoms with Gasteiger partial charge in [-0.05, 0) is 18.4 Å². The highest BCUT2D eigenvalue weighted by Crippen LogP contribution is 2.33. The molecule has 8 nitrogen and oxygen atoms in total. The Kier molecular flexibility index (Phi) is 4.84. The number of fused-ring (bicyclic) bond motifs is 1.